The molecule has 5 heteroatoms. The molecule has 5 rings (SSSR count). The van der Waals surface area contributed by atoms with E-state index in [1.165, 1.54) is 5.56 Å². The van der Waals surface area contributed by atoms with Crippen molar-refractivity contribution in [2.45, 2.75) is 13.0 Å². The Kier molecular flexibility index (Phi) is 2.71. The number of nitrogens with one attached hydrogen (secondary N) is 3. The van der Waals surface area contributed by atoms with E-state index in [4.69, 9.17) is 0 Å². The summed E-state index contributed by atoms with van der Waals surface area (Å²) in [4.78, 5) is 27.9. The highest BCUT2D eigenvalue weighted by Gasteiger charge is 2.37. The van der Waals surface area contributed by atoms with Gasteiger partial charge in [-0.25, -0.2) is 0 Å². The molecule has 2 aromatic carbocycles. The third-order valence-corrected chi connectivity index (χ3v) is 4.95. The van der Waals surface area contributed by atoms with Crippen LogP contribution >= 0.6 is 0 Å². The number of aromatic amines is 1. The van der Waals surface area contributed by atoms with Gasteiger partial charge in [0.1, 0.15) is 5.70 Å². The molecule has 0 saturated heterocycles. The lowest BCUT2D eigenvalue weighted by Crippen LogP contribution is -2.30. The highest BCUT2D eigenvalue weighted by atomic mass is 16.2. The average Bonchev–Trinajstić information content (AvgIpc) is 3.09. The quantitative estimate of drug-likeness (QED) is 0.601. The van der Waals surface area contributed by atoms with Gasteiger partial charge in [-0.05, 0) is 24.1 Å². The molecule has 122 valence electrons. The molecule has 3 N–H and O–H groups in total. The zero-order valence-corrected chi connectivity index (χ0v) is 13.5. The first-order valence-corrected chi connectivity index (χ1v) is 8.17. The molecule has 0 spiro atoms. The molecule has 1 unspecified atom stereocenters. The second kappa shape index (κ2) is 4.83. The summed E-state index contributed by atoms with van der Waals surface area (Å²) in [5.41, 5.74) is 5.75. The van der Waals surface area contributed by atoms with Crippen LogP contribution in [-0.4, -0.2) is 16.8 Å². The summed E-state index contributed by atoms with van der Waals surface area (Å²) >= 11 is 0. The number of aryl methyl sites for hydroxylation is 1. The van der Waals surface area contributed by atoms with E-state index < -0.39 is 0 Å². The Balaban J connectivity index is 1.83. The number of H-pyrrole nitrogens is 1. The predicted octanol–water partition coefficient (Wildman–Crippen LogP) is 2.54. The molecule has 1 aromatic heterocycles. The van der Waals surface area contributed by atoms with E-state index in [2.05, 4.69) is 39.9 Å². The van der Waals surface area contributed by atoms with Gasteiger partial charge in [0, 0.05) is 22.7 Å². The van der Waals surface area contributed by atoms with Crippen LogP contribution in [-0.2, 0) is 9.59 Å². The van der Waals surface area contributed by atoms with Crippen molar-refractivity contribution in [2.75, 3.05) is 0 Å². The summed E-state index contributed by atoms with van der Waals surface area (Å²) in [7, 11) is 0. The van der Waals surface area contributed by atoms with E-state index in [9.17, 15) is 9.59 Å². The highest BCUT2D eigenvalue weighted by Crippen LogP contribution is 2.39. The van der Waals surface area contributed by atoms with E-state index in [-0.39, 0.29) is 17.9 Å². The van der Waals surface area contributed by atoms with Crippen LogP contribution < -0.4 is 10.6 Å². The van der Waals surface area contributed by atoms with Gasteiger partial charge in [0.25, 0.3) is 11.8 Å². The summed E-state index contributed by atoms with van der Waals surface area (Å²) in [5.74, 6) is -0.730. The molecule has 3 heterocycles. The lowest BCUT2D eigenvalue weighted by atomic mass is 9.94. The first kappa shape index (κ1) is 14.0. The van der Waals surface area contributed by atoms with E-state index in [0.717, 1.165) is 27.6 Å². The van der Waals surface area contributed by atoms with Crippen molar-refractivity contribution in [3.8, 4) is 0 Å². The first-order valence-electron chi connectivity index (χ1n) is 8.17. The van der Waals surface area contributed by atoms with Crippen LogP contribution in [0.25, 0.3) is 16.5 Å². The summed E-state index contributed by atoms with van der Waals surface area (Å²) in [6.07, 6.45) is 1.81. The number of rotatable bonds is 1. The third kappa shape index (κ3) is 1.89. The van der Waals surface area contributed by atoms with Gasteiger partial charge in [-0.3, -0.25) is 14.9 Å². The number of imide groups is 1. The Morgan fingerprint density at radius 2 is 1.76 bits per heavy atom. The molecule has 2 aliphatic heterocycles. The topological polar surface area (TPSA) is 74.0 Å². The summed E-state index contributed by atoms with van der Waals surface area (Å²) in [6, 6.07) is 14.0. The maximum atomic E-state index is 12.4. The molecule has 0 radical (unpaired) electrons. The number of hydrogen-bond acceptors (Lipinski definition) is 3. The standard InChI is InChI=1S/C20H15N3O2/c1-10-5-7-11(8-6-10)17-12-3-2-4-14-15(12)13(9-21-14)16-18(22-17)20(25)23-19(16)24/h2-9,17,21-22H,1H3,(H,23,24,25). The van der Waals surface area contributed by atoms with E-state index in [1.807, 2.05) is 25.1 Å². The molecule has 25 heavy (non-hydrogen) atoms. The highest BCUT2D eigenvalue weighted by molar-refractivity contribution is 6.37. The number of amides is 2. The fourth-order valence-corrected chi connectivity index (χ4v) is 3.74. The Labute approximate surface area is 143 Å². The van der Waals surface area contributed by atoms with Crippen LogP contribution in [0.5, 0.6) is 0 Å². The van der Waals surface area contributed by atoms with E-state index in [0.29, 0.717) is 11.3 Å². The lowest BCUT2D eigenvalue weighted by Gasteiger charge is -2.21. The average molecular weight is 329 g/mol. The largest absolute Gasteiger partial charge is 0.369 e. The monoisotopic (exact) mass is 329 g/mol. The Morgan fingerprint density at radius 1 is 0.960 bits per heavy atom. The lowest BCUT2D eigenvalue weighted by molar-refractivity contribution is -0.123. The van der Waals surface area contributed by atoms with Crippen LogP contribution in [0.3, 0.4) is 0 Å². The molecule has 2 amide bonds. The Hall–Kier alpha value is -3.34. The van der Waals surface area contributed by atoms with Crippen LogP contribution in [0.1, 0.15) is 28.3 Å². The maximum absolute atomic E-state index is 12.4. The third-order valence-electron chi connectivity index (χ3n) is 4.95. The molecule has 1 atom stereocenters. The predicted molar refractivity (Wildman–Crippen MR) is 94.5 cm³/mol. The van der Waals surface area contributed by atoms with Crippen molar-refractivity contribution in [3.05, 3.63) is 76.6 Å². The smallest absolute Gasteiger partial charge is 0.275 e. The van der Waals surface area contributed by atoms with Gasteiger partial charge in [0.15, 0.2) is 0 Å². The second-order valence-corrected chi connectivity index (χ2v) is 6.49. The number of carbonyl (C=O) groups excluding carboxylic acids is 2. The minimum atomic E-state index is -0.376. The molecule has 5 nitrogen and oxygen atoms in total. The minimum Gasteiger partial charge on any atom is -0.369 e. The molecule has 0 aliphatic carbocycles. The first-order chi connectivity index (χ1) is 12.1. The molecule has 2 aliphatic rings. The molecule has 0 saturated carbocycles. The molecule has 0 bridgehead atoms. The van der Waals surface area contributed by atoms with Crippen molar-refractivity contribution >= 4 is 28.3 Å². The Bertz CT molecular complexity index is 1090. The van der Waals surface area contributed by atoms with Gasteiger partial charge < -0.3 is 10.3 Å². The van der Waals surface area contributed by atoms with Gasteiger partial charge in [-0.1, -0.05) is 42.0 Å². The van der Waals surface area contributed by atoms with Crippen molar-refractivity contribution in [1.29, 1.82) is 0 Å². The van der Waals surface area contributed by atoms with Crippen LogP contribution in [0, 0.1) is 6.92 Å². The normalized spacial score (nSPS) is 18.8. The Morgan fingerprint density at radius 3 is 2.56 bits per heavy atom. The molecular weight excluding hydrogens is 314 g/mol. The van der Waals surface area contributed by atoms with Gasteiger partial charge in [0.05, 0.1) is 11.6 Å². The zero-order chi connectivity index (χ0) is 17.1. The van der Waals surface area contributed by atoms with Crippen LogP contribution in [0.4, 0.5) is 0 Å². The van der Waals surface area contributed by atoms with E-state index in [1.54, 1.807) is 6.20 Å². The van der Waals surface area contributed by atoms with Gasteiger partial charge in [0.2, 0.25) is 0 Å². The summed E-state index contributed by atoms with van der Waals surface area (Å²) in [6.45, 7) is 2.04. The van der Waals surface area contributed by atoms with Gasteiger partial charge >= 0.3 is 0 Å². The van der Waals surface area contributed by atoms with Crippen molar-refractivity contribution in [1.82, 2.24) is 15.6 Å². The second-order valence-electron chi connectivity index (χ2n) is 6.49. The van der Waals surface area contributed by atoms with Crippen LogP contribution in [0.2, 0.25) is 0 Å². The fraction of sp³-hybridized carbons (Fsp3) is 0.100. The number of benzene rings is 2. The SMILES string of the molecule is Cc1ccc(C2NC3=C(C(=O)NC3=O)c3c[nH]c4cccc2c34)cc1. The zero-order valence-electron chi connectivity index (χ0n) is 13.5. The number of carbonyl (C=O) groups is 2. The van der Waals surface area contributed by atoms with Crippen molar-refractivity contribution in [3.63, 3.8) is 0 Å². The number of fused-ring (bicyclic) bond motifs is 1. The maximum Gasteiger partial charge on any atom is 0.275 e. The minimum absolute atomic E-state index is 0.206. The summed E-state index contributed by atoms with van der Waals surface area (Å²) < 4.78 is 0. The fourth-order valence-electron chi connectivity index (χ4n) is 3.74. The summed E-state index contributed by atoms with van der Waals surface area (Å²) in [5, 5.41) is 6.70. The van der Waals surface area contributed by atoms with Crippen molar-refractivity contribution in [2.24, 2.45) is 0 Å². The molecule has 0 fully saturated rings. The van der Waals surface area contributed by atoms with Crippen molar-refractivity contribution < 1.29 is 9.59 Å². The molecular formula is C20H15N3O2. The van der Waals surface area contributed by atoms with Gasteiger partial charge in [-0.2, -0.15) is 0 Å². The molecule has 3 aromatic rings. The van der Waals surface area contributed by atoms with Gasteiger partial charge in [-0.15, -0.1) is 0 Å². The van der Waals surface area contributed by atoms with E-state index >= 15 is 0 Å². The number of hydrogen-bond donors (Lipinski definition) is 3. The number of aromatic nitrogens is 1. The van der Waals surface area contributed by atoms with Crippen LogP contribution in [0.15, 0.2) is 54.4 Å².